The number of esters is 1. The lowest BCUT2D eigenvalue weighted by molar-refractivity contribution is -0.384. The molecule has 0 aliphatic rings. The highest BCUT2D eigenvalue weighted by Gasteiger charge is 2.14. The van der Waals surface area contributed by atoms with Crippen LogP contribution in [0.1, 0.15) is 10.4 Å². The van der Waals surface area contributed by atoms with Crippen molar-refractivity contribution in [3.8, 4) is 5.75 Å². The molecule has 2 aromatic rings. The number of thiocarbonyl (C=S) groups is 1. The molecule has 0 unspecified atom stereocenters. The number of nitrogens with two attached hydrogens (primary N) is 1. The maximum Gasteiger partial charge on any atom is 0.345 e. The van der Waals surface area contributed by atoms with E-state index in [4.69, 9.17) is 22.7 Å². The largest absolute Gasteiger partial charge is 0.423 e. The third-order valence-corrected chi connectivity index (χ3v) is 2.76. The van der Waals surface area contributed by atoms with Gasteiger partial charge in [0, 0.05) is 12.1 Å². The molecule has 0 heterocycles. The van der Waals surface area contributed by atoms with Crippen molar-refractivity contribution in [2.45, 2.75) is 0 Å². The van der Waals surface area contributed by atoms with Crippen LogP contribution >= 0.6 is 12.2 Å². The monoisotopic (exact) mass is 317 g/mol. The molecule has 0 aromatic heterocycles. The number of benzene rings is 2. The van der Waals surface area contributed by atoms with E-state index in [1.54, 1.807) is 24.3 Å². The van der Waals surface area contributed by atoms with Crippen molar-refractivity contribution >= 4 is 34.7 Å². The number of hydrogen-bond donors (Lipinski definition) is 2. The Morgan fingerprint density at radius 1 is 1.18 bits per heavy atom. The molecule has 2 rings (SSSR count). The van der Waals surface area contributed by atoms with Gasteiger partial charge >= 0.3 is 5.97 Å². The van der Waals surface area contributed by atoms with Gasteiger partial charge in [0.2, 0.25) is 0 Å². The van der Waals surface area contributed by atoms with Gasteiger partial charge in [-0.25, -0.2) is 4.79 Å². The molecule has 0 bridgehead atoms. The molecular formula is C14H11N3O4S. The van der Waals surface area contributed by atoms with Crippen molar-refractivity contribution in [1.82, 2.24) is 0 Å². The highest BCUT2D eigenvalue weighted by atomic mass is 32.1. The summed E-state index contributed by atoms with van der Waals surface area (Å²) in [6.07, 6.45) is 0. The maximum atomic E-state index is 12.2. The molecule has 0 aliphatic carbocycles. The Hall–Kier alpha value is -3.00. The summed E-state index contributed by atoms with van der Waals surface area (Å²) in [7, 11) is 0. The molecule has 0 aliphatic heterocycles. The summed E-state index contributed by atoms with van der Waals surface area (Å²) in [5.41, 5.74) is 5.97. The van der Waals surface area contributed by atoms with Crippen molar-refractivity contribution in [2.24, 2.45) is 5.73 Å². The number of nitrogens with one attached hydrogen (secondary N) is 1. The first kappa shape index (κ1) is 15.4. The third kappa shape index (κ3) is 3.76. The lowest BCUT2D eigenvalue weighted by Gasteiger charge is -2.10. The second-order valence-corrected chi connectivity index (χ2v) is 4.62. The van der Waals surface area contributed by atoms with Gasteiger partial charge in [-0.05, 0) is 36.5 Å². The summed E-state index contributed by atoms with van der Waals surface area (Å²) in [5.74, 6) is -0.436. The predicted octanol–water partition coefficient (Wildman–Crippen LogP) is 2.47. The first-order chi connectivity index (χ1) is 10.5. The highest BCUT2D eigenvalue weighted by Crippen LogP contribution is 2.21. The van der Waals surface area contributed by atoms with Gasteiger partial charge in [0.05, 0.1) is 16.2 Å². The van der Waals surface area contributed by atoms with E-state index in [0.717, 1.165) is 0 Å². The Bertz CT molecular complexity index is 731. The van der Waals surface area contributed by atoms with Crippen LogP contribution in [0.15, 0.2) is 48.5 Å². The van der Waals surface area contributed by atoms with Crippen LogP contribution in [0.3, 0.4) is 0 Å². The zero-order chi connectivity index (χ0) is 16.1. The number of para-hydroxylation sites is 1. The fourth-order valence-corrected chi connectivity index (χ4v) is 1.81. The summed E-state index contributed by atoms with van der Waals surface area (Å²) in [6.45, 7) is 0. The maximum absolute atomic E-state index is 12.2. The number of carbonyl (C=O) groups excluding carboxylic acids is 1. The fraction of sp³-hybridized carbons (Fsp3) is 0. The molecule has 2 aromatic carbocycles. The Labute approximate surface area is 130 Å². The molecule has 7 nitrogen and oxygen atoms in total. The molecule has 0 saturated heterocycles. The van der Waals surface area contributed by atoms with Crippen molar-refractivity contribution in [2.75, 3.05) is 5.32 Å². The van der Waals surface area contributed by atoms with Crippen molar-refractivity contribution in [1.29, 1.82) is 0 Å². The van der Waals surface area contributed by atoms with E-state index in [-0.39, 0.29) is 22.1 Å². The molecule has 0 atom stereocenters. The molecule has 0 amide bonds. The molecule has 8 heteroatoms. The van der Waals surface area contributed by atoms with Crippen LogP contribution in [0.2, 0.25) is 0 Å². The van der Waals surface area contributed by atoms with Crippen molar-refractivity contribution < 1.29 is 14.5 Å². The summed E-state index contributed by atoms with van der Waals surface area (Å²) < 4.78 is 5.17. The predicted molar refractivity (Wildman–Crippen MR) is 84.9 cm³/mol. The number of anilines is 1. The van der Waals surface area contributed by atoms with E-state index < -0.39 is 10.9 Å². The lowest BCUT2D eigenvalue weighted by Crippen LogP contribution is -2.21. The number of hydrogen-bond acceptors (Lipinski definition) is 5. The number of ether oxygens (including phenoxy) is 1. The molecule has 112 valence electrons. The number of non-ortho nitro benzene ring substituents is 1. The molecular weight excluding hydrogens is 306 g/mol. The number of carbonyl (C=O) groups is 1. The van der Waals surface area contributed by atoms with Crippen LogP contribution in [-0.2, 0) is 0 Å². The van der Waals surface area contributed by atoms with Gasteiger partial charge in [0.25, 0.3) is 5.69 Å². The van der Waals surface area contributed by atoms with Crippen LogP contribution < -0.4 is 15.8 Å². The topological polar surface area (TPSA) is 107 Å². The Morgan fingerprint density at radius 3 is 2.41 bits per heavy atom. The third-order valence-electron chi connectivity index (χ3n) is 2.66. The Morgan fingerprint density at radius 2 is 1.82 bits per heavy atom. The second kappa shape index (κ2) is 6.64. The zero-order valence-electron chi connectivity index (χ0n) is 11.2. The minimum atomic E-state index is -0.631. The molecule has 0 spiro atoms. The van der Waals surface area contributed by atoms with Gasteiger partial charge in [-0.15, -0.1) is 0 Å². The van der Waals surface area contributed by atoms with E-state index in [1.165, 1.54) is 24.3 Å². The molecule has 3 N–H and O–H groups in total. The number of nitro groups is 1. The summed E-state index contributed by atoms with van der Waals surface area (Å²) in [6, 6.07) is 11.8. The second-order valence-electron chi connectivity index (χ2n) is 4.18. The summed E-state index contributed by atoms with van der Waals surface area (Å²) in [5, 5.41) is 13.3. The van der Waals surface area contributed by atoms with Crippen molar-refractivity contribution in [3.05, 3.63) is 64.2 Å². The van der Waals surface area contributed by atoms with E-state index >= 15 is 0 Å². The van der Waals surface area contributed by atoms with Gasteiger partial charge in [-0.3, -0.25) is 10.1 Å². The van der Waals surface area contributed by atoms with Gasteiger partial charge < -0.3 is 15.8 Å². The first-order valence-corrected chi connectivity index (χ1v) is 6.50. The van der Waals surface area contributed by atoms with E-state index in [9.17, 15) is 14.9 Å². The van der Waals surface area contributed by atoms with Gasteiger partial charge in [-0.1, -0.05) is 12.1 Å². The molecule has 22 heavy (non-hydrogen) atoms. The quantitative estimate of drug-likeness (QED) is 0.293. The minimum Gasteiger partial charge on any atom is -0.423 e. The van der Waals surface area contributed by atoms with Gasteiger partial charge in [-0.2, -0.15) is 0 Å². The zero-order valence-corrected chi connectivity index (χ0v) is 12.0. The lowest BCUT2D eigenvalue weighted by atomic mass is 10.2. The van der Waals surface area contributed by atoms with Crippen LogP contribution in [0.4, 0.5) is 11.4 Å². The molecule has 0 saturated carbocycles. The van der Waals surface area contributed by atoms with E-state index in [2.05, 4.69) is 5.32 Å². The smallest absolute Gasteiger partial charge is 0.345 e. The summed E-state index contributed by atoms with van der Waals surface area (Å²) in [4.78, 5) is 22.2. The average Bonchev–Trinajstić information content (AvgIpc) is 2.47. The van der Waals surface area contributed by atoms with Crippen LogP contribution in [-0.4, -0.2) is 16.0 Å². The molecule has 0 radical (unpaired) electrons. The Balaban J connectivity index is 2.18. The van der Waals surface area contributed by atoms with E-state index in [1.807, 2.05) is 0 Å². The first-order valence-electron chi connectivity index (χ1n) is 6.09. The standard InChI is InChI=1S/C14H11N3O4S/c15-14(22)16-12-4-2-1-3-11(12)13(18)21-10-7-5-9(6-8-10)17(19)20/h1-8H,(H3,15,16,22). The fourth-order valence-electron chi connectivity index (χ4n) is 1.70. The minimum absolute atomic E-state index is 0.0237. The SMILES string of the molecule is NC(=S)Nc1ccccc1C(=O)Oc1ccc([N+](=O)[O-])cc1. The van der Waals surface area contributed by atoms with Crippen LogP contribution in [0, 0.1) is 10.1 Å². The Kier molecular flexibility index (Phi) is 4.64. The van der Waals surface area contributed by atoms with E-state index in [0.29, 0.717) is 5.69 Å². The highest BCUT2D eigenvalue weighted by molar-refractivity contribution is 7.80. The van der Waals surface area contributed by atoms with Crippen molar-refractivity contribution in [3.63, 3.8) is 0 Å². The number of rotatable bonds is 4. The normalized spacial score (nSPS) is 9.82. The van der Waals surface area contributed by atoms with Crippen LogP contribution in [0.25, 0.3) is 0 Å². The average molecular weight is 317 g/mol. The number of nitrogens with zero attached hydrogens (tertiary/aromatic N) is 1. The van der Waals surface area contributed by atoms with Gasteiger partial charge in [0.15, 0.2) is 5.11 Å². The molecule has 0 fully saturated rings. The summed E-state index contributed by atoms with van der Waals surface area (Å²) >= 11 is 4.74. The number of nitro benzene ring substituents is 1. The van der Waals surface area contributed by atoms with Gasteiger partial charge in [0.1, 0.15) is 5.75 Å². The van der Waals surface area contributed by atoms with Crippen LogP contribution in [0.5, 0.6) is 5.75 Å².